The van der Waals surface area contributed by atoms with Gasteiger partial charge >= 0.3 is 11.9 Å². The maximum Gasteiger partial charge on any atom is 0.311 e. The zero-order valence-electron chi connectivity index (χ0n) is 36.9. The Bertz CT molecular complexity index is 814. The van der Waals surface area contributed by atoms with E-state index in [0.29, 0.717) is 25.6 Å². The normalized spacial score (nSPS) is 12.3. The first-order valence-corrected chi connectivity index (χ1v) is 23.2. The minimum Gasteiger partial charge on any atom is -0.466 e. The Morgan fingerprint density at radius 1 is 0.547 bits per heavy atom. The molecule has 0 aromatic heterocycles. The van der Waals surface area contributed by atoms with E-state index in [4.69, 9.17) is 9.47 Å². The third-order valence-corrected chi connectivity index (χ3v) is 11.5. The van der Waals surface area contributed by atoms with Gasteiger partial charge in [-0.2, -0.15) is 0 Å². The standard InChI is InChI=1S/C47H93NO5/c1-8-11-14-17-18-21-26-33-44(50)52-41-36-46(4,5)34-28-30-38-48(39-40-49)37-29-23-22-27-35-47(6,7)45(51)53-42-43(31-24-19-15-12-9-2)32-25-20-16-13-10-3/h43,49H,8-42H2,1-7H3. The maximum atomic E-state index is 13.2. The van der Waals surface area contributed by atoms with Crippen LogP contribution in [0.4, 0.5) is 0 Å². The van der Waals surface area contributed by atoms with Gasteiger partial charge in [-0.05, 0) is 89.6 Å². The fourth-order valence-electron chi connectivity index (χ4n) is 7.41. The molecule has 0 radical (unpaired) electrons. The average Bonchev–Trinajstić information content (AvgIpc) is 3.12. The zero-order valence-corrected chi connectivity index (χ0v) is 36.9. The van der Waals surface area contributed by atoms with Gasteiger partial charge in [0.15, 0.2) is 0 Å². The Morgan fingerprint density at radius 2 is 1.02 bits per heavy atom. The first-order valence-electron chi connectivity index (χ1n) is 23.2. The number of ether oxygens (including phenoxy) is 2. The first-order chi connectivity index (χ1) is 25.5. The number of hydrogen-bond acceptors (Lipinski definition) is 6. The molecule has 0 unspecified atom stereocenters. The summed E-state index contributed by atoms with van der Waals surface area (Å²) in [5, 5.41) is 9.66. The highest BCUT2D eigenvalue weighted by molar-refractivity contribution is 5.75. The molecule has 0 bridgehead atoms. The van der Waals surface area contributed by atoms with Gasteiger partial charge in [-0.25, -0.2) is 0 Å². The van der Waals surface area contributed by atoms with Crippen LogP contribution in [-0.2, 0) is 19.1 Å². The van der Waals surface area contributed by atoms with Crippen LogP contribution in [0.15, 0.2) is 0 Å². The van der Waals surface area contributed by atoms with Crippen LogP contribution >= 0.6 is 0 Å². The van der Waals surface area contributed by atoms with Crippen molar-refractivity contribution in [2.24, 2.45) is 16.7 Å². The van der Waals surface area contributed by atoms with E-state index in [1.54, 1.807) is 0 Å². The highest BCUT2D eigenvalue weighted by Crippen LogP contribution is 2.29. The van der Waals surface area contributed by atoms with Crippen molar-refractivity contribution in [3.05, 3.63) is 0 Å². The van der Waals surface area contributed by atoms with Gasteiger partial charge in [0.25, 0.3) is 0 Å². The van der Waals surface area contributed by atoms with Crippen molar-refractivity contribution in [3.63, 3.8) is 0 Å². The van der Waals surface area contributed by atoms with Gasteiger partial charge < -0.3 is 19.5 Å². The minimum absolute atomic E-state index is 0.0171. The van der Waals surface area contributed by atoms with Crippen LogP contribution in [0.2, 0.25) is 0 Å². The number of carbonyl (C=O) groups excluding carboxylic acids is 2. The van der Waals surface area contributed by atoms with Crippen molar-refractivity contribution in [3.8, 4) is 0 Å². The lowest BCUT2D eigenvalue weighted by Gasteiger charge is -2.26. The summed E-state index contributed by atoms with van der Waals surface area (Å²) >= 11 is 0. The molecule has 0 rings (SSSR count). The monoisotopic (exact) mass is 752 g/mol. The fraction of sp³-hybridized carbons (Fsp3) is 0.957. The van der Waals surface area contributed by atoms with E-state index < -0.39 is 5.41 Å². The molecule has 316 valence electrons. The number of carbonyl (C=O) groups is 2. The molecule has 0 aromatic carbocycles. The molecule has 0 heterocycles. The van der Waals surface area contributed by atoms with Gasteiger partial charge in [-0.3, -0.25) is 9.59 Å². The highest BCUT2D eigenvalue weighted by Gasteiger charge is 2.29. The predicted octanol–water partition coefficient (Wildman–Crippen LogP) is 13.4. The van der Waals surface area contributed by atoms with Gasteiger partial charge in [0, 0.05) is 13.0 Å². The molecule has 0 aliphatic rings. The van der Waals surface area contributed by atoms with E-state index in [1.165, 1.54) is 109 Å². The number of esters is 2. The molecule has 0 fully saturated rings. The van der Waals surface area contributed by atoms with E-state index in [2.05, 4.69) is 53.4 Å². The minimum atomic E-state index is -0.432. The van der Waals surface area contributed by atoms with Crippen LogP contribution in [0.5, 0.6) is 0 Å². The summed E-state index contributed by atoms with van der Waals surface area (Å²) in [4.78, 5) is 27.7. The molecule has 6 nitrogen and oxygen atoms in total. The second-order valence-corrected chi connectivity index (χ2v) is 17.9. The van der Waals surface area contributed by atoms with Crippen LogP contribution in [0.25, 0.3) is 0 Å². The number of rotatable bonds is 40. The predicted molar refractivity (Wildman–Crippen MR) is 227 cm³/mol. The van der Waals surface area contributed by atoms with Crippen LogP contribution in [0, 0.1) is 16.7 Å². The molecule has 0 aliphatic carbocycles. The maximum absolute atomic E-state index is 13.2. The lowest BCUT2D eigenvalue weighted by molar-refractivity contribution is -0.156. The number of aliphatic hydroxyl groups excluding tert-OH is 1. The lowest BCUT2D eigenvalue weighted by Crippen LogP contribution is -2.29. The second kappa shape index (κ2) is 35.3. The topological polar surface area (TPSA) is 76.1 Å². The van der Waals surface area contributed by atoms with Gasteiger partial charge in [-0.15, -0.1) is 0 Å². The third-order valence-electron chi connectivity index (χ3n) is 11.5. The molecule has 0 amide bonds. The molecule has 6 heteroatoms. The SMILES string of the molecule is CCCCCCCCCC(=O)OCCC(C)(C)CCCCN(CCO)CCCCCCC(C)(C)C(=O)OCC(CCCCCCC)CCCCCCC. The van der Waals surface area contributed by atoms with E-state index in [9.17, 15) is 14.7 Å². The van der Waals surface area contributed by atoms with Crippen LogP contribution < -0.4 is 0 Å². The van der Waals surface area contributed by atoms with Crippen LogP contribution in [0.3, 0.4) is 0 Å². The van der Waals surface area contributed by atoms with E-state index >= 15 is 0 Å². The summed E-state index contributed by atoms with van der Waals surface area (Å²) in [5.41, 5.74) is -0.274. The van der Waals surface area contributed by atoms with Crippen molar-refractivity contribution in [1.82, 2.24) is 4.90 Å². The van der Waals surface area contributed by atoms with Crippen molar-refractivity contribution in [2.45, 2.75) is 235 Å². The van der Waals surface area contributed by atoms with E-state index in [-0.39, 0.29) is 24.0 Å². The first kappa shape index (κ1) is 51.9. The fourth-order valence-corrected chi connectivity index (χ4v) is 7.41. The molecule has 1 N–H and O–H groups in total. The average molecular weight is 752 g/mol. The molecule has 0 aliphatic heterocycles. The largest absolute Gasteiger partial charge is 0.466 e. The Morgan fingerprint density at radius 3 is 1.58 bits per heavy atom. The lowest BCUT2D eigenvalue weighted by atomic mass is 9.84. The van der Waals surface area contributed by atoms with Gasteiger partial charge in [0.05, 0.1) is 25.2 Å². The molecule has 53 heavy (non-hydrogen) atoms. The Kier molecular flexibility index (Phi) is 34.5. The summed E-state index contributed by atoms with van der Waals surface area (Å²) in [7, 11) is 0. The molecular weight excluding hydrogens is 659 g/mol. The Labute approximate surface area is 331 Å². The molecule has 0 atom stereocenters. The van der Waals surface area contributed by atoms with Crippen LogP contribution in [-0.4, -0.2) is 61.4 Å². The molecular formula is C47H93NO5. The summed E-state index contributed by atoms with van der Waals surface area (Å²) in [5.74, 6) is 0.454. The number of unbranched alkanes of at least 4 members (excludes halogenated alkanes) is 18. The van der Waals surface area contributed by atoms with Crippen LogP contribution in [0.1, 0.15) is 235 Å². The highest BCUT2D eigenvalue weighted by atomic mass is 16.5. The second-order valence-electron chi connectivity index (χ2n) is 17.9. The number of hydrogen-bond donors (Lipinski definition) is 1. The smallest absolute Gasteiger partial charge is 0.311 e. The van der Waals surface area contributed by atoms with Gasteiger partial charge in [0.1, 0.15) is 0 Å². The van der Waals surface area contributed by atoms with Gasteiger partial charge in [-0.1, -0.05) is 163 Å². The molecule has 0 aromatic rings. The van der Waals surface area contributed by atoms with Crippen molar-refractivity contribution in [1.29, 1.82) is 0 Å². The quantitative estimate of drug-likeness (QED) is 0.0496. The van der Waals surface area contributed by atoms with Crippen molar-refractivity contribution in [2.75, 3.05) is 39.5 Å². The summed E-state index contributed by atoms with van der Waals surface area (Å²) in [6.45, 7) is 19.5. The summed E-state index contributed by atoms with van der Waals surface area (Å²) < 4.78 is 11.6. The number of aliphatic hydroxyl groups is 1. The molecule has 0 spiro atoms. The summed E-state index contributed by atoms with van der Waals surface area (Å²) in [6, 6.07) is 0. The summed E-state index contributed by atoms with van der Waals surface area (Å²) in [6.07, 6.45) is 34.0. The zero-order chi connectivity index (χ0) is 39.5. The van der Waals surface area contributed by atoms with Gasteiger partial charge in [0.2, 0.25) is 0 Å². The van der Waals surface area contributed by atoms with E-state index in [1.807, 2.05) is 0 Å². The number of nitrogens with zero attached hydrogens (tertiary/aromatic N) is 1. The molecule has 0 saturated carbocycles. The molecule has 0 saturated heterocycles. The Balaban J connectivity index is 4.27. The third kappa shape index (κ3) is 32.8. The Hall–Kier alpha value is -1.14. The van der Waals surface area contributed by atoms with Crippen molar-refractivity contribution >= 4 is 11.9 Å². The van der Waals surface area contributed by atoms with E-state index in [0.717, 1.165) is 90.3 Å². The van der Waals surface area contributed by atoms with Crippen molar-refractivity contribution < 1.29 is 24.2 Å².